The van der Waals surface area contributed by atoms with Crippen molar-refractivity contribution in [2.75, 3.05) is 45.3 Å². The van der Waals surface area contributed by atoms with E-state index >= 15 is 0 Å². The van der Waals surface area contributed by atoms with E-state index in [0.29, 0.717) is 25.3 Å². The van der Waals surface area contributed by atoms with Gasteiger partial charge in [-0.25, -0.2) is 9.59 Å². The average molecular weight is 660 g/mol. The third kappa shape index (κ3) is 8.23. The predicted molar refractivity (Wildman–Crippen MR) is 178 cm³/mol. The molecule has 0 aliphatic carbocycles. The number of piperidine rings is 1. The van der Waals surface area contributed by atoms with Crippen LogP contribution in [0.4, 0.5) is 10.5 Å². The molecule has 256 valence electrons. The number of urea groups is 1. The molecule has 0 bridgehead atoms. The van der Waals surface area contributed by atoms with Crippen molar-refractivity contribution < 1.29 is 38.4 Å². The number of esters is 1. The Morgan fingerprint density at radius 3 is 2.35 bits per heavy atom. The Morgan fingerprint density at radius 2 is 1.67 bits per heavy atom. The van der Waals surface area contributed by atoms with E-state index in [2.05, 4.69) is 22.5 Å². The number of rotatable bonds is 10. The summed E-state index contributed by atoms with van der Waals surface area (Å²) >= 11 is 0. The Kier molecular flexibility index (Phi) is 11.1. The van der Waals surface area contributed by atoms with Gasteiger partial charge in [-0.05, 0) is 28.8 Å². The Hall–Kier alpha value is -3.84. The Bertz CT molecular complexity index is 1500. The first-order valence-corrected chi connectivity index (χ1v) is 16.6. The third-order valence-electron chi connectivity index (χ3n) is 9.48. The molecule has 3 N–H and O–H groups in total. The van der Waals surface area contributed by atoms with Gasteiger partial charge in [0.2, 0.25) is 0 Å². The first-order chi connectivity index (χ1) is 23.3. The number of amides is 2. The second-order valence-electron chi connectivity index (χ2n) is 12.7. The molecule has 6 rings (SSSR count). The molecule has 3 aromatic rings. The van der Waals surface area contributed by atoms with Gasteiger partial charge in [-0.15, -0.1) is 0 Å². The molecule has 3 aliphatic rings. The second kappa shape index (κ2) is 15.6. The molecule has 0 unspecified atom stereocenters. The number of carbonyl (C=O) groups excluding carboxylic acids is 2. The van der Waals surface area contributed by atoms with Crippen molar-refractivity contribution >= 4 is 17.7 Å². The number of hydrogen-bond acceptors (Lipinski definition) is 9. The third-order valence-corrected chi connectivity index (χ3v) is 9.48. The van der Waals surface area contributed by atoms with Crippen LogP contribution in [0, 0.1) is 5.92 Å². The van der Waals surface area contributed by atoms with Crippen LogP contribution >= 0.6 is 0 Å². The molecule has 1 spiro atoms. The van der Waals surface area contributed by atoms with E-state index < -0.39 is 30.1 Å². The van der Waals surface area contributed by atoms with Crippen LogP contribution in [-0.4, -0.2) is 79.9 Å². The molecular formula is C37H45N3O8. The number of aliphatic hydroxyl groups excluding tert-OH is 1. The van der Waals surface area contributed by atoms with E-state index in [1.807, 2.05) is 72.8 Å². The molecule has 11 heteroatoms. The Morgan fingerprint density at radius 1 is 0.938 bits per heavy atom. The number of hydrogen-bond donors (Lipinski definition) is 3. The molecule has 0 aromatic heterocycles. The van der Waals surface area contributed by atoms with E-state index in [4.69, 9.17) is 23.7 Å². The zero-order chi connectivity index (χ0) is 33.5. The van der Waals surface area contributed by atoms with Crippen molar-refractivity contribution in [3.63, 3.8) is 0 Å². The largest absolute Gasteiger partial charge is 0.467 e. The maximum absolute atomic E-state index is 13.1. The van der Waals surface area contributed by atoms with Crippen molar-refractivity contribution in [3.8, 4) is 0 Å². The first kappa shape index (κ1) is 34.0. The lowest BCUT2D eigenvalue weighted by atomic mass is 9.89. The van der Waals surface area contributed by atoms with Crippen LogP contribution in [0.2, 0.25) is 0 Å². The minimum absolute atomic E-state index is 0.0282. The highest BCUT2D eigenvalue weighted by Crippen LogP contribution is 2.42. The number of ether oxygens (including phenoxy) is 5. The van der Waals surface area contributed by atoms with Crippen molar-refractivity contribution in [2.45, 2.75) is 63.1 Å². The molecule has 48 heavy (non-hydrogen) atoms. The van der Waals surface area contributed by atoms with Gasteiger partial charge in [0.1, 0.15) is 6.04 Å². The molecule has 0 radical (unpaired) electrons. The number of aliphatic hydroxyl groups is 1. The number of anilines is 1. The molecule has 0 saturated carbocycles. The summed E-state index contributed by atoms with van der Waals surface area (Å²) in [5.74, 6) is -0.948. The van der Waals surface area contributed by atoms with Crippen LogP contribution in [-0.2, 0) is 41.5 Å². The second-order valence-corrected chi connectivity index (χ2v) is 12.7. The van der Waals surface area contributed by atoms with Gasteiger partial charge in [0.15, 0.2) is 12.1 Å². The van der Waals surface area contributed by atoms with E-state index in [1.54, 1.807) is 6.07 Å². The smallest absolute Gasteiger partial charge is 0.328 e. The minimum atomic E-state index is -0.859. The summed E-state index contributed by atoms with van der Waals surface area (Å²) in [6.07, 6.45) is 0.818. The number of nitrogens with one attached hydrogen (secondary N) is 2. The molecule has 3 heterocycles. The van der Waals surface area contributed by atoms with Gasteiger partial charge in [0, 0.05) is 56.1 Å². The lowest BCUT2D eigenvalue weighted by Crippen LogP contribution is -2.50. The Balaban J connectivity index is 1.16. The summed E-state index contributed by atoms with van der Waals surface area (Å²) < 4.78 is 30.2. The standard InChI is InChI=1S/C37H45N3O8/c1-25-32(23-40-17-15-37(16-18-40)45-19-20-46-37)47-35(48-33(25)28-13-11-27(24-41)12-14-28)29-9-6-10-30(22-29)38-36(43)39-31(34(42)44-2)21-26-7-4-3-5-8-26/h3-14,22,25,31-33,35,41H,15-21,23-24H2,1-2H3,(H2,38,39,43)/t25-,31-,32+,33+,35+/m0/s1. The van der Waals surface area contributed by atoms with Gasteiger partial charge in [0.25, 0.3) is 0 Å². The zero-order valence-electron chi connectivity index (χ0n) is 27.5. The maximum Gasteiger partial charge on any atom is 0.328 e. The fourth-order valence-electron chi connectivity index (χ4n) is 6.72. The normalized spacial score (nSPS) is 24.6. The SMILES string of the molecule is COC(=O)[C@H](Cc1ccccc1)NC(=O)Nc1cccc([C@@H]2O[C@H](CN3CCC4(CC3)OCCO4)[C@H](C)[C@H](c3ccc(CO)cc3)O2)c1. The van der Waals surface area contributed by atoms with Crippen LogP contribution in [0.3, 0.4) is 0 Å². The van der Waals surface area contributed by atoms with E-state index in [9.17, 15) is 14.7 Å². The molecular weight excluding hydrogens is 614 g/mol. The number of nitrogens with zero attached hydrogens (tertiary/aromatic N) is 1. The fraction of sp³-hybridized carbons (Fsp3) is 0.459. The van der Waals surface area contributed by atoms with Gasteiger partial charge in [-0.1, -0.05) is 73.7 Å². The van der Waals surface area contributed by atoms with Gasteiger partial charge in [-0.2, -0.15) is 0 Å². The molecule has 3 aromatic carbocycles. The summed E-state index contributed by atoms with van der Waals surface area (Å²) in [6.45, 7) is 5.83. The number of benzene rings is 3. The van der Waals surface area contributed by atoms with E-state index in [-0.39, 0.29) is 24.7 Å². The van der Waals surface area contributed by atoms with Gasteiger partial charge < -0.3 is 44.3 Å². The van der Waals surface area contributed by atoms with Crippen LogP contribution in [0.1, 0.15) is 54.4 Å². The fourth-order valence-corrected chi connectivity index (χ4v) is 6.72. The molecule has 3 saturated heterocycles. The van der Waals surface area contributed by atoms with Crippen LogP contribution in [0.15, 0.2) is 78.9 Å². The topological polar surface area (TPSA) is 128 Å². The van der Waals surface area contributed by atoms with Gasteiger partial charge >= 0.3 is 12.0 Å². The highest BCUT2D eigenvalue weighted by atomic mass is 16.7. The van der Waals surface area contributed by atoms with Crippen LogP contribution in [0.25, 0.3) is 0 Å². The quantitative estimate of drug-likeness (QED) is 0.265. The average Bonchev–Trinajstić information content (AvgIpc) is 3.58. The highest BCUT2D eigenvalue weighted by molar-refractivity contribution is 5.92. The molecule has 11 nitrogen and oxygen atoms in total. The lowest BCUT2D eigenvalue weighted by molar-refractivity contribution is -0.278. The van der Waals surface area contributed by atoms with Gasteiger partial charge in [0.05, 0.1) is 39.1 Å². The van der Waals surface area contributed by atoms with E-state index in [1.165, 1.54) is 7.11 Å². The minimum Gasteiger partial charge on any atom is -0.467 e. The highest BCUT2D eigenvalue weighted by Gasteiger charge is 2.43. The van der Waals surface area contributed by atoms with Crippen LogP contribution < -0.4 is 10.6 Å². The summed E-state index contributed by atoms with van der Waals surface area (Å²) in [4.78, 5) is 28.0. The lowest BCUT2D eigenvalue weighted by Gasteiger charge is -2.44. The maximum atomic E-state index is 13.1. The summed E-state index contributed by atoms with van der Waals surface area (Å²) in [5.41, 5.74) is 4.01. The number of carbonyl (C=O) groups is 2. The van der Waals surface area contributed by atoms with Gasteiger partial charge in [-0.3, -0.25) is 0 Å². The zero-order valence-corrected chi connectivity index (χ0v) is 27.5. The summed E-state index contributed by atoms with van der Waals surface area (Å²) in [7, 11) is 1.30. The monoisotopic (exact) mass is 659 g/mol. The first-order valence-electron chi connectivity index (χ1n) is 16.6. The number of likely N-dealkylation sites (tertiary alicyclic amines) is 1. The predicted octanol–water partition coefficient (Wildman–Crippen LogP) is 4.72. The van der Waals surface area contributed by atoms with Crippen molar-refractivity contribution in [1.82, 2.24) is 10.2 Å². The summed E-state index contributed by atoms with van der Waals surface area (Å²) in [6, 6.07) is 23.2. The van der Waals surface area contributed by atoms with Crippen molar-refractivity contribution in [3.05, 3.63) is 101 Å². The molecule has 3 aliphatic heterocycles. The summed E-state index contributed by atoms with van der Waals surface area (Å²) in [5, 5.41) is 15.2. The van der Waals surface area contributed by atoms with Crippen molar-refractivity contribution in [2.24, 2.45) is 5.92 Å². The molecule has 3 fully saturated rings. The molecule has 5 atom stereocenters. The van der Waals surface area contributed by atoms with E-state index in [0.717, 1.165) is 54.7 Å². The van der Waals surface area contributed by atoms with Crippen LogP contribution in [0.5, 0.6) is 0 Å². The molecule has 2 amide bonds. The number of methoxy groups -OCH3 is 1. The Labute approximate surface area is 281 Å². The van der Waals surface area contributed by atoms with Crippen molar-refractivity contribution in [1.29, 1.82) is 0 Å².